The molecule has 1 aliphatic carbocycles. The Morgan fingerprint density at radius 1 is 1.36 bits per heavy atom. The van der Waals surface area contributed by atoms with Crippen molar-refractivity contribution in [1.82, 2.24) is 15.0 Å². The lowest BCUT2D eigenvalue weighted by atomic mass is 9.85. The van der Waals surface area contributed by atoms with E-state index in [1.54, 1.807) is 19.5 Å². The molecular weight excluding hydrogens is 316 g/mol. The van der Waals surface area contributed by atoms with Crippen molar-refractivity contribution in [2.24, 2.45) is 5.92 Å². The van der Waals surface area contributed by atoms with E-state index < -0.39 is 0 Å². The molecule has 0 atom stereocenters. The molecule has 2 aromatic heterocycles. The van der Waals surface area contributed by atoms with Gasteiger partial charge >= 0.3 is 6.01 Å². The van der Waals surface area contributed by atoms with Crippen molar-refractivity contribution in [2.45, 2.75) is 33.1 Å². The summed E-state index contributed by atoms with van der Waals surface area (Å²) in [6.07, 6.45) is 8.56. The molecule has 1 saturated carbocycles. The minimum absolute atomic E-state index is 0.0747. The fourth-order valence-corrected chi connectivity index (χ4v) is 2.65. The van der Waals surface area contributed by atoms with Crippen molar-refractivity contribution < 1.29 is 9.53 Å². The summed E-state index contributed by atoms with van der Waals surface area (Å²) in [6.45, 7) is 3.98. The first kappa shape index (κ1) is 17.1. The Balaban J connectivity index is 1.76. The summed E-state index contributed by atoms with van der Waals surface area (Å²) in [7, 11) is 1.54. The Labute approximate surface area is 147 Å². The molecule has 0 radical (unpaired) electrons. The first-order chi connectivity index (χ1) is 12.1. The van der Waals surface area contributed by atoms with Gasteiger partial charge in [0.05, 0.1) is 12.8 Å². The van der Waals surface area contributed by atoms with Gasteiger partial charge in [-0.05, 0) is 61.6 Å². The van der Waals surface area contributed by atoms with Crippen molar-refractivity contribution >= 4 is 23.4 Å². The van der Waals surface area contributed by atoms with E-state index in [0.717, 1.165) is 41.7 Å². The zero-order chi connectivity index (χ0) is 17.8. The van der Waals surface area contributed by atoms with Crippen LogP contribution in [0.25, 0.3) is 11.6 Å². The Kier molecular flexibility index (Phi) is 5.07. The number of hydrogen-bond donors (Lipinski definition) is 1. The zero-order valence-electron chi connectivity index (χ0n) is 14.7. The zero-order valence-corrected chi connectivity index (χ0v) is 14.7. The molecule has 3 rings (SSSR count). The van der Waals surface area contributed by atoms with Crippen LogP contribution in [0, 0.1) is 12.8 Å². The number of carbonyl (C=O) groups is 1. The van der Waals surface area contributed by atoms with Crippen molar-refractivity contribution in [1.29, 1.82) is 0 Å². The second-order valence-electron chi connectivity index (χ2n) is 6.30. The quantitative estimate of drug-likeness (QED) is 0.903. The van der Waals surface area contributed by atoms with Crippen molar-refractivity contribution in [2.75, 3.05) is 12.4 Å². The highest BCUT2D eigenvalue weighted by atomic mass is 16.5. The number of allylic oxidation sites excluding steroid dienone is 1. The number of rotatable bonds is 5. The topological polar surface area (TPSA) is 77.0 Å². The fraction of sp³-hybridized carbons (Fsp3) is 0.368. The molecule has 1 aliphatic rings. The second kappa shape index (κ2) is 7.42. The molecule has 0 spiro atoms. The summed E-state index contributed by atoms with van der Waals surface area (Å²) in [4.78, 5) is 24.7. The molecule has 0 aliphatic heterocycles. The molecule has 130 valence electrons. The summed E-state index contributed by atoms with van der Waals surface area (Å²) < 4.78 is 5.06. The third-order valence-corrected chi connectivity index (χ3v) is 4.47. The van der Waals surface area contributed by atoms with E-state index in [-0.39, 0.29) is 11.8 Å². The van der Waals surface area contributed by atoms with Gasteiger partial charge in [-0.25, -0.2) is 9.97 Å². The molecule has 2 heterocycles. The molecule has 1 N–H and O–H groups in total. The molecule has 1 amide bonds. The van der Waals surface area contributed by atoms with E-state index >= 15 is 0 Å². The third kappa shape index (κ3) is 4.02. The van der Waals surface area contributed by atoms with Crippen molar-refractivity contribution in [3.05, 3.63) is 41.3 Å². The van der Waals surface area contributed by atoms with Crippen LogP contribution in [-0.4, -0.2) is 28.0 Å². The van der Waals surface area contributed by atoms with Crippen LogP contribution in [-0.2, 0) is 4.79 Å². The minimum Gasteiger partial charge on any atom is -0.467 e. The van der Waals surface area contributed by atoms with Gasteiger partial charge in [0.25, 0.3) is 0 Å². The number of hydrogen-bond acceptors (Lipinski definition) is 5. The minimum atomic E-state index is 0.0747. The number of amides is 1. The van der Waals surface area contributed by atoms with E-state index in [4.69, 9.17) is 4.74 Å². The number of aryl methyl sites for hydroxylation is 1. The van der Waals surface area contributed by atoms with Gasteiger partial charge in [0.15, 0.2) is 0 Å². The van der Waals surface area contributed by atoms with E-state index in [9.17, 15) is 4.79 Å². The standard InChI is InChI=1S/C19H22N4O2/c1-12-10-17(23-18(24)14-5-4-6-14)21-11-15(12)9-13(2)16-7-8-20-19(22-16)25-3/h7-11,14H,4-6H2,1-3H3,(H,21,23,24)/b13-9+. The van der Waals surface area contributed by atoms with Crippen LogP contribution >= 0.6 is 0 Å². The molecule has 2 aromatic rings. The number of pyridine rings is 1. The normalized spacial score (nSPS) is 14.8. The summed E-state index contributed by atoms with van der Waals surface area (Å²) in [5.74, 6) is 0.829. The smallest absolute Gasteiger partial charge is 0.316 e. The highest BCUT2D eigenvalue weighted by Crippen LogP contribution is 2.27. The SMILES string of the molecule is COc1nccc(/C(C)=C/c2cnc(NC(=O)C3CCC3)cc2C)n1. The molecule has 0 saturated heterocycles. The predicted molar refractivity (Wildman–Crippen MR) is 97.1 cm³/mol. The summed E-state index contributed by atoms with van der Waals surface area (Å²) >= 11 is 0. The maximum atomic E-state index is 12.0. The highest BCUT2D eigenvalue weighted by Gasteiger charge is 2.25. The highest BCUT2D eigenvalue weighted by molar-refractivity contribution is 5.92. The number of anilines is 1. The van der Waals surface area contributed by atoms with E-state index in [0.29, 0.717) is 11.8 Å². The monoisotopic (exact) mass is 338 g/mol. The lowest BCUT2D eigenvalue weighted by Gasteiger charge is -2.23. The van der Waals surface area contributed by atoms with Crippen LogP contribution in [0.5, 0.6) is 6.01 Å². The number of aromatic nitrogens is 3. The first-order valence-corrected chi connectivity index (χ1v) is 8.40. The number of nitrogens with one attached hydrogen (secondary N) is 1. The molecule has 6 nitrogen and oxygen atoms in total. The molecule has 1 fully saturated rings. The van der Waals surface area contributed by atoms with Crippen molar-refractivity contribution in [3.63, 3.8) is 0 Å². The molecular formula is C19H22N4O2. The Hall–Kier alpha value is -2.76. The Morgan fingerprint density at radius 3 is 2.80 bits per heavy atom. The second-order valence-corrected chi connectivity index (χ2v) is 6.30. The Bertz CT molecular complexity index is 813. The number of carbonyl (C=O) groups excluding carboxylic acids is 1. The van der Waals surface area contributed by atoms with Gasteiger partial charge in [0.2, 0.25) is 5.91 Å². The van der Waals surface area contributed by atoms with Crippen LogP contribution in [0.4, 0.5) is 5.82 Å². The average Bonchev–Trinajstić information content (AvgIpc) is 2.55. The Morgan fingerprint density at radius 2 is 2.16 bits per heavy atom. The first-order valence-electron chi connectivity index (χ1n) is 8.40. The summed E-state index contributed by atoms with van der Waals surface area (Å²) in [6, 6.07) is 4.08. The van der Waals surface area contributed by atoms with Gasteiger partial charge in [-0.15, -0.1) is 0 Å². The summed E-state index contributed by atoms with van der Waals surface area (Å²) in [5.41, 5.74) is 3.81. The molecule has 25 heavy (non-hydrogen) atoms. The fourth-order valence-electron chi connectivity index (χ4n) is 2.65. The summed E-state index contributed by atoms with van der Waals surface area (Å²) in [5, 5.41) is 2.90. The maximum absolute atomic E-state index is 12.0. The number of nitrogens with zero attached hydrogens (tertiary/aromatic N) is 3. The van der Waals surface area contributed by atoms with Crippen LogP contribution in [0.3, 0.4) is 0 Å². The van der Waals surface area contributed by atoms with Gasteiger partial charge in [-0.2, -0.15) is 4.98 Å². The van der Waals surface area contributed by atoms with Crippen molar-refractivity contribution in [3.8, 4) is 6.01 Å². The average molecular weight is 338 g/mol. The maximum Gasteiger partial charge on any atom is 0.316 e. The molecule has 6 heteroatoms. The van der Waals surface area contributed by atoms with E-state index in [2.05, 4.69) is 20.3 Å². The van der Waals surface area contributed by atoms with Gasteiger partial charge < -0.3 is 10.1 Å². The van der Waals surface area contributed by atoms with Gasteiger partial charge in [0, 0.05) is 18.3 Å². The predicted octanol–water partition coefficient (Wildman–Crippen LogP) is 3.49. The van der Waals surface area contributed by atoms with Crippen LogP contribution in [0.2, 0.25) is 0 Å². The molecule has 0 unspecified atom stereocenters. The van der Waals surface area contributed by atoms with Gasteiger partial charge in [0.1, 0.15) is 5.82 Å². The lowest BCUT2D eigenvalue weighted by molar-refractivity contribution is -0.122. The number of ether oxygens (including phenoxy) is 1. The van der Waals surface area contributed by atoms with E-state index in [1.807, 2.05) is 32.1 Å². The lowest BCUT2D eigenvalue weighted by Crippen LogP contribution is -2.28. The molecule has 0 aromatic carbocycles. The van der Waals surface area contributed by atoms with E-state index in [1.165, 1.54) is 0 Å². The van der Waals surface area contributed by atoms with Crippen LogP contribution in [0.1, 0.15) is 43.0 Å². The largest absolute Gasteiger partial charge is 0.467 e. The van der Waals surface area contributed by atoms with Gasteiger partial charge in [-0.1, -0.05) is 6.42 Å². The van der Waals surface area contributed by atoms with Crippen LogP contribution < -0.4 is 10.1 Å². The molecule has 0 bridgehead atoms. The third-order valence-electron chi connectivity index (χ3n) is 4.47. The van der Waals surface area contributed by atoms with Gasteiger partial charge in [-0.3, -0.25) is 4.79 Å². The van der Waals surface area contributed by atoms with Crippen LogP contribution in [0.15, 0.2) is 24.5 Å². The number of methoxy groups -OCH3 is 1.